The molecule has 1 aromatic rings. The minimum atomic E-state index is -0.217. The van der Waals surface area contributed by atoms with E-state index in [9.17, 15) is 9.59 Å². The number of amides is 2. The van der Waals surface area contributed by atoms with E-state index in [0.717, 1.165) is 57.5 Å². The summed E-state index contributed by atoms with van der Waals surface area (Å²) in [5.41, 5.74) is 2.17. The van der Waals surface area contributed by atoms with Crippen molar-refractivity contribution in [2.24, 2.45) is 5.41 Å². The molecule has 7 nitrogen and oxygen atoms in total. The van der Waals surface area contributed by atoms with Crippen LogP contribution in [-0.4, -0.2) is 58.7 Å². The molecule has 1 heterocycles. The van der Waals surface area contributed by atoms with Gasteiger partial charge in [-0.05, 0) is 43.4 Å². The van der Waals surface area contributed by atoms with Gasteiger partial charge in [0.15, 0.2) is 5.75 Å². The van der Waals surface area contributed by atoms with Crippen molar-refractivity contribution in [1.82, 2.24) is 10.6 Å². The minimum absolute atomic E-state index is 0.141. The molecule has 0 aromatic heterocycles. The zero-order valence-electron chi connectivity index (χ0n) is 17.4. The lowest BCUT2D eigenvalue weighted by molar-refractivity contribution is -0.107. The summed E-state index contributed by atoms with van der Waals surface area (Å²) in [6.45, 7) is 8.16. The molecule has 0 radical (unpaired) electrons. The number of carbonyl (C=O) groups is 2. The normalized spacial score (nSPS) is 21.5. The average molecular weight is 389 g/mol. The Hall–Kier alpha value is -2.28. The van der Waals surface area contributed by atoms with E-state index >= 15 is 0 Å². The number of hydrogen-bond acceptors (Lipinski definition) is 5. The maximum atomic E-state index is 12.5. The smallest absolute Gasteiger partial charge is 0.253 e. The zero-order chi connectivity index (χ0) is 20.3. The second kappa shape index (κ2) is 8.39. The Morgan fingerprint density at radius 2 is 2.18 bits per heavy atom. The molecular weight excluding hydrogens is 356 g/mol. The van der Waals surface area contributed by atoms with Crippen molar-refractivity contribution in [3.63, 3.8) is 0 Å². The quantitative estimate of drug-likeness (QED) is 0.633. The molecule has 2 aliphatic rings. The molecule has 1 aliphatic heterocycles. The topological polar surface area (TPSA) is 73.9 Å². The minimum Gasteiger partial charge on any atom is -0.492 e. The van der Waals surface area contributed by atoms with Crippen molar-refractivity contribution in [3.8, 4) is 5.75 Å². The predicted molar refractivity (Wildman–Crippen MR) is 111 cm³/mol. The second-order valence-corrected chi connectivity index (χ2v) is 8.10. The van der Waals surface area contributed by atoms with E-state index in [1.54, 1.807) is 19.1 Å². The van der Waals surface area contributed by atoms with Gasteiger partial charge in [0.2, 0.25) is 6.41 Å². The molecule has 7 heteroatoms. The van der Waals surface area contributed by atoms with E-state index in [0.29, 0.717) is 17.0 Å². The lowest BCUT2D eigenvalue weighted by Crippen LogP contribution is -2.35. The van der Waals surface area contributed by atoms with Gasteiger partial charge in [0, 0.05) is 32.7 Å². The summed E-state index contributed by atoms with van der Waals surface area (Å²) in [5.74, 6) is 0.388. The fraction of sp³-hybridized carbons (Fsp3) is 0.619. The third-order valence-electron chi connectivity index (χ3n) is 5.80. The summed E-state index contributed by atoms with van der Waals surface area (Å²) in [5, 5.41) is 6.14. The SMILES string of the molecule is CCNCC1(C)CCN(c2ccc(C(=O)NC)c(N(C=O)C3CC3)c2OC)C1. The fourth-order valence-corrected chi connectivity index (χ4v) is 4.06. The Morgan fingerprint density at radius 3 is 2.75 bits per heavy atom. The third kappa shape index (κ3) is 3.94. The lowest BCUT2D eigenvalue weighted by Gasteiger charge is -2.29. The standard InChI is InChI=1S/C21H32N4O3/c1-5-23-12-21(2)10-11-24(13-21)17-9-8-16(20(27)22-3)18(19(17)28-4)25(14-26)15-6-7-15/h8-9,14-15,23H,5-7,10-13H2,1-4H3,(H,22,27). The first kappa shape index (κ1) is 20.5. The highest BCUT2D eigenvalue weighted by molar-refractivity contribution is 6.05. The molecule has 1 atom stereocenters. The first-order valence-corrected chi connectivity index (χ1v) is 10.1. The number of ether oxygens (including phenoxy) is 1. The van der Waals surface area contributed by atoms with E-state index in [-0.39, 0.29) is 17.4 Å². The van der Waals surface area contributed by atoms with Crippen molar-refractivity contribution in [2.75, 3.05) is 50.1 Å². The van der Waals surface area contributed by atoms with Crippen molar-refractivity contribution in [1.29, 1.82) is 0 Å². The van der Waals surface area contributed by atoms with Gasteiger partial charge < -0.3 is 25.2 Å². The highest BCUT2D eigenvalue weighted by atomic mass is 16.5. The number of anilines is 2. The van der Waals surface area contributed by atoms with Crippen molar-refractivity contribution in [2.45, 2.75) is 39.2 Å². The summed E-state index contributed by atoms with van der Waals surface area (Å²) in [6, 6.07) is 3.90. The third-order valence-corrected chi connectivity index (χ3v) is 5.80. The molecule has 1 aliphatic carbocycles. The highest BCUT2D eigenvalue weighted by Gasteiger charge is 2.38. The summed E-state index contributed by atoms with van der Waals surface area (Å²) < 4.78 is 5.80. The number of methoxy groups -OCH3 is 1. The molecule has 1 saturated carbocycles. The van der Waals surface area contributed by atoms with Crippen molar-refractivity contribution in [3.05, 3.63) is 17.7 Å². The molecular formula is C21H32N4O3. The van der Waals surface area contributed by atoms with E-state index < -0.39 is 0 Å². The Labute approximate surface area is 167 Å². The number of carbonyl (C=O) groups excluding carboxylic acids is 2. The van der Waals surface area contributed by atoms with E-state index in [1.165, 1.54) is 0 Å². The number of rotatable bonds is 9. The van der Waals surface area contributed by atoms with Crippen LogP contribution in [0.1, 0.15) is 43.5 Å². The van der Waals surface area contributed by atoms with Gasteiger partial charge in [0.1, 0.15) is 5.69 Å². The van der Waals surface area contributed by atoms with Gasteiger partial charge in [0.25, 0.3) is 5.91 Å². The largest absolute Gasteiger partial charge is 0.492 e. The maximum absolute atomic E-state index is 12.5. The van der Waals surface area contributed by atoms with Gasteiger partial charge in [-0.15, -0.1) is 0 Å². The maximum Gasteiger partial charge on any atom is 0.253 e. The van der Waals surface area contributed by atoms with Crippen LogP contribution in [0.25, 0.3) is 0 Å². The van der Waals surface area contributed by atoms with Gasteiger partial charge in [-0.2, -0.15) is 0 Å². The monoisotopic (exact) mass is 388 g/mol. The van der Waals surface area contributed by atoms with Crippen LogP contribution >= 0.6 is 0 Å². The van der Waals surface area contributed by atoms with Crippen LogP contribution in [0.3, 0.4) is 0 Å². The van der Waals surface area contributed by atoms with Gasteiger partial charge in [0.05, 0.1) is 18.4 Å². The second-order valence-electron chi connectivity index (χ2n) is 8.10. The van der Waals surface area contributed by atoms with E-state index in [4.69, 9.17) is 4.74 Å². The van der Waals surface area contributed by atoms with Gasteiger partial charge in [-0.3, -0.25) is 9.59 Å². The van der Waals surface area contributed by atoms with Crippen molar-refractivity contribution < 1.29 is 14.3 Å². The van der Waals surface area contributed by atoms with Crippen LogP contribution in [-0.2, 0) is 4.79 Å². The Bertz CT molecular complexity index is 735. The first-order chi connectivity index (χ1) is 13.5. The molecule has 28 heavy (non-hydrogen) atoms. The van der Waals surface area contributed by atoms with E-state index in [1.807, 2.05) is 12.1 Å². The number of nitrogens with one attached hydrogen (secondary N) is 2. The molecule has 1 unspecified atom stereocenters. The Morgan fingerprint density at radius 1 is 1.43 bits per heavy atom. The highest BCUT2D eigenvalue weighted by Crippen LogP contribution is 2.46. The van der Waals surface area contributed by atoms with Crippen LogP contribution in [0.15, 0.2) is 12.1 Å². The van der Waals surface area contributed by atoms with Gasteiger partial charge in [-0.1, -0.05) is 13.8 Å². The molecule has 1 aromatic carbocycles. The van der Waals surface area contributed by atoms with Crippen LogP contribution in [0.5, 0.6) is 5.75 Å². The average Bonchev–Trinajstić information content (AvgIpc) is 3.47. The molecule has 0 spiro atoms. The lowest BCUT2D eigenvalue weighted by atomic mass is 9.90. The summed E-state index contributed by atoms with van der Waals surface area (Å²) in [6.07, 6.45) is 3.80. The molecule has 2 amide bonds. The molecule has 154 valence electrons. The number of hydrogen-bond donors (Lipinski definition) is 2. The van der Waals surface area contributed by atoms with Crippen LogP contribution in [0, 0.1) is 5.41 Å². The Kier molecular flexibility index (Phi) is 6.13. The van der Waals surface area contributed by atoms with Crippen molar-refractivity contribution >= 4 is 23.7 Å². The first-order valence-electron chi connectivity index (χ1n) is 10.1. The molecule has 3 rings (SSSR count). The summed E-state index contributed by atoms with van der Waals surface area (Å²) >= 11 is 0. The van der Waals surface area contributed by atoms with Crippen LogP contribution < -0.4 is 25.2 Å². The summed E-state index contributed by atoms with van der Waals surface area (Å²) in [4.78, 5) is 28.4. The fourth-order valence-electron chi connectivity index (χ4n) is 4.06. The molecule has 2 N–H and O–H groups in total. The van der Waals surface area contributed by atoms with Crippen LogP contribution in [0.4, 0.5) is 11.4 Å². The summed E-state index contributed by atoms with van der Waals surface area (Å²) in [7, 11) is 3.21. The number of benzene rings is 1. The number of nitrogens with zero attached hydrogens (tertiary/aromatic N) is 2. The zero-order valence-corrected chi connectivity index (χ0v) is 17.4. The Balaban J connectivity index is 2.01. The molecule has 1 saturated heterocycles. The van der Waals surface area contributed by atoms with Gasteiger partial charge in [-0.25, -0.2) is 0 Å². The van der Waals surface area contributed by atoms with Crippen LogP contribution in [0.2, 0.25) is 0 Å². The predicted octanol–water partition coefficient (Wildman–Crippen LogP) is 2.01. The molecule has 2 fully saturated rings. The molecule has 0 bridgehead atoms. The van der Waals surface area contributed by atoms with Gasteiger partial charge >= 0.3 is 0 Å². The van der Waals surface area contributed by atoms with E-state index in [2.05, 4.69) is 29.4 Å².